The molecule has 9 heteroatoms. The topological polar surface area (TPSA) is 91.0 Å². The Morgan fingerprint density at radius 1 is 1.33 bits per heavy atom. The summed E-state index contributed by atoms with van der Waals surface area (Å²) in [5.74, 6) is 0.694. The molecule has 0 aliphatic carbocycles. The number of aliphatic imine (C=N–C) groups is 1. The molecule has 0 atom stereocenters. The molecule has 1 fully saturated rings. The summed E-state index contributed by atoms with van der Waals surface area (Å²) in [5, 5.41) is 7.03. The fourth-order valence-corrected chi connectivity index (χ4v) is 3.87. The minimum absolute atomic E-state index is 0.125. The third kappa shape index (κ3) is 5.20. The summed E-state index contributed by atoms with van der Waals surface area (Å²) in [6.07, 6.45) is 1.38. The molecule has 24 heavy (non-hydrogen) atoms. The minimum Gasteiger partial charge on any atom is -0.364 e. The minimum atomic E-state index is -3.37. The van der Waals surface area contributed by atoms with E-state index < -0.39 is 10.0 Å². The Morgan fingerprint density at radius 3 is 2.50 bits per heavy atom. The van der Waals surface area contributed by atoms with Crippen molar-refractivity contribution in [1.82, 2.24) is 19.7 Å². The molecule has 0 radical (unpaired) electrons. The van der Waals surface area contributed by atoms with Crippen molar-refractivity contribution < 1.29 is 12.9 Å². The van der Waals surface area contributed by atoms with Gasteiger partial charge in [0.15, 0.2) is 5.96 Å². The summed E-state index contributed by atoms with van der Waals surface area (Å²) in [7, 11) is -1.63. The lowest BCUT2D eigenvalue weighted by molar-refractivity contribution is 0.257. The highest BCUT2D eigenvalue weighted by Gasteiger charge is 2.29. The Bertz CT molecular complexity index is 641. The zero-order chi connectivity index (χ0) is 17.8. The number of sulfonamides is 1. The van der Waals surface area contributed by atoms with Crippen LogP contribution in [0.4, 0.5) is 0 Å². The van der Waals surface area contributed by atoms with Gasteiger partial charge in [-0.1, -0.05) is 25.9 Å². The van der Waals surface area contributed by atoms with Gasteiger partial charge < -0.3 is 14.7 Å². The molecule has 8 nitrogen and oxygen atoms in total. The average molecular weight is 357 g/mol. The van der Waals surface area contributed by atoms with Gasteiger partial charge in [-0.3, -0.25) is 4.99 Å². The van der Waals surface area contributed by atoms with Gasteiger partial charge in [0.1, 0.15) is 12.0 Å². The summed E-state index contributed by atoms with van der Waals surface area (Å²) in [6, 6.07) is 1.58. The van der Waals surface area contributed by atoms with Crippen LogP contribution in [0.2, 0.25) is 0 Å². The lowest BCUT2D eigenvalue weighted by Gasteiger charge is -2.36. The molecular formula is C15H27N5O3S. The summed E-state index contributed by atoms with van der Waals surface area (Å²) in [6.45, 7) is 9.38. The molecule has 0 amide bonds. The van der Waals surface area contributed by atoms with Crippen molar-refractivity contribution in [2.75, 3.05) is 39.8 Å². The Hall–Kier alpha value is -1.61. The van der Waals surface area contributed by atoms with Gasteiger partial charge in [-0.25, -0.2) is 8.42 Å². The lowest BCUT2D eigenvalue weighted by atomic mass is 9.97. The maximum atomic E-state index is 12.4. The lowest BCUT2D eigenvalue weighted by Crippen LogP contribution is -2.54. The quantitative estimate of drug-likeness (QED) is 0.631. The second-order valence-corrected chi connectivity index (χ2v) is 9.06. The average Bonchev–Trinajstić information content (AvgIpc) is 2.99. The maximum Gasteiger partial charge on any atom is 0.220 e. The largest absolute Gasteiger partial charge is 0.364 e. The molecule has 1 saturated heterocycles. The Kier molecular flexibility index (Phi) is 5.87. The van der Waals surface area contributed by atoms with Gasteiger partial charge in [0, 0.05) is 45.8 Å². The highest BCUT2D eigenvalue weighted by Crippen LogP contribution is 2.14. The van der Waals surface area contributed by atoms with Crippen molar-refractivity contribution in [2.24, 2.45) is 10.4 Å². The fraction of sp³-hybridized carbons (Fsp3) is 0.733. The van der Waals surface area contributed by atoms with Crippen LogP contribution in [0.15, 0.2) is 21.8 Å². The first kappa shape index (κ1) is 18.7. The molecule has 1 aromatic rings. The molecule has 0 saturated carbocycles. The summed E-state index contributed by atoms with van der Waals surface area (Å²) in [4.78, 5) is 6.40. The zero-order valence-electron chi connectivity index (χ0n) is 14.8. The van der Waals surface area contributed by atoms with Crippen molar-refractivity contribution in [3.8, 4) is 0 Å². The summed E-state index contributed by atoms with van der Waals surface area (Å²) < 4.78 is 31.1. The van der Waals surface area contributed by atoms with Crippen molar-refractivity contribution in [3.05, 3.63) is 18.0 Å². The van der Waals surface area contributed by atoms with Crippen LogP contribution in [0.25, 0.3) is 0 Å². The maximum absolute atomic E-state index is 12.4. The Labute approximate surface area is 143 Å². The first-order valence-electron chi connectivity index (χ1n) is 8.04. The number of rotatable bonds is 4. The molecule has 1 N–H and O–H groups in total. The first-order valence-corrected chi connectivity index (χ1v) is 9.65. The molecule has 1 aliphatic rings. The van der Waals surface area contributed by atoms with Crippen molar-refractivity contribution in [1.29, 1.82) is 0 Å². The number of aromatic nitrogens is 1. The molecule has 1 aromatic heterocycles. The molecule has 0 unspecified atom stereocenters. The predicted octanol–water partition coefficient (Wildman–Crippen LogP) is 0.744. The van der Waals surface area contributed by atoms with E-state index in [2.05, 4.69) is 41.1 Å². The Balaban J connectivity index is 1.90. The second-order valence-electron chi connectivity index (χ2n) is 7.09. The van der Waals surface area contributed by atoms with Crippen LogP contribution in [0, 0.1) is 5.41 Å². The molecule has 0 aromatic carbocycles. The predicted molar refractivity (Wildman–Crippen MR) is 93.1 cm³/mol. The molecule has 2 heterocycles. The van der Waals surface area contributed by atoms with Crippen LogP contribution < -0.4 is 5.32 Å². The van der Waals surface area contributed by atoms with Crippen molar-refractivity contribution in [2.45, 2.75) is 26.5 Å². The van der Waals surface area contributed by atoms with Gasteiger partial charge >= 0.3 is 0 Å². The summed E-state index contributed by atoms with van der Waals surface area (Å²) >= 11 is 0. The molecule has 2 rings (SSSR count). The van der Waals surface area contributed by atoms with Crippen molar-refractivity contribution in [3.63, 3.8) is 0 Å². The van der Waals surface area contributed by atoms with E-state index in [1.807, 2.05) is 0 Å². The van der Waals surface area contributed by atoms with Gasteiger partial charge in [0.05, 0.1) is 5.69 Å². The number of hydrogen-bond donors (Lipinski definition) is 1. The van der Waals surface area contributed by atoms with Crippen LogP contribution in [0.5, 0.6) is 0 Å². The molecular weight excluding hydrogens is 330 g/mol. The number of piperazine rings is 1. The molecule has 0 bridgehead atoms. The van der Waals surface area contributed by atoms with Crippen molar-refractivity contribution >= 4 is 16.0 Å². The number of hydrogen-bond acceptors (Lipinski definition) is 5. The molecule has 136 valence electrons. The standard InChI is InChI=1S/C15H27N5O3S/c1-15(2,3)12-17-14(16-4)19-6-8-20(9-7-19)24(21,22)11-13-5-10-23-18-13/h5,10H,6-9,11-12H2,1-4H3,(H,16,17). The fourth-order valence-electron chi connectivity index (χ4n) is 2.44. The monoisotopic (exact) mass is 357 g/mol. The van der Waals surface area contributed by atoms with E-state index in [0.29, 0.717) is 31.9 Å². The highest BCUT2D eigenvalue weighted by atomic mass is 32.2. The van der Waals surface area contributed by atoms with Gasteiger partial charge in [0.2, 0.25) is 10.0 Å². The van der Waals surface area contributed by atoms with Crippen LogP contribution in [-0.4, -0.2) is 68.5 Å². The van der Waals surface area contributed by atoms with Crippen LogP contribution in [0.3, 0.4) is 0 Å². The second kappa shape index (κ2) is 7.52. The van der Waals surface area contributed by atoms with Gasteiger partial charge in [0.25, 0.3) is 0 Å². The van der Waals surface area contributed by atoms with Crippen LogP contribution >= 0.6 is 0 Å². The van der Waals surface area contributed by atoms with Gasteiger partial charge in [-0.15, -0.1) is 0 Å². The van der Waals surface area contributed by atoms with E-state index in [1.165, 1.54) is 10.6 Å². The third-order valence-electron chi connectivity index (χ3n) is 3.74. The normalized spacial score (nSPS) is 18.0. The van der Waals surface area contributed by atoms with E-state index in [4.69, 9.17) is 4.52 Å². The smallest absolute Gasteiger partial charge is 0.220 e. The van der Waals surface area contributed by atoms with Crippen LogP contribution in [0.1, 0.15) is 26.5 Å². The highest BCUT2D eigenvalue weighted by molar-refractivity contribution is 7.88. The summed E-state index contributed by atoms with van der Waals surface area (Å²) in [5.41, 5.74) is 0.582. The van der Waals surface area contributed by atoms with E-state index in [9.17, 15) is 8.42 Å². The SMILES string of the molecule is CN=C(NCC(C)(C)C)N1CCN(S(=O)(=O)Cc2ccon2)CC1. The molecule has 1 aliphatic heterocycles. The molecule has 0 spiro atoms. The number of guanidine groups is 1. The van der Waals surface area contributed by atoms with E-state index >= 15 is 0 Å². The first-order chi connectivity index (χ1) is 11.2. The van der Waals surface area contributed by atoms with E-state index in [1.54, 1.807) is 13.1 Å². The van der Waals surface area contributed by atoms with Gasteiger partial charge in [-0.2, -0.15) is 4.31 Å². The van der Waals surface area contributed by atoms with Gasteiger partial charge in [-0.05, 0) is 5.41 Å². The van der Waals surface area contributed by atoms with E-state index in [-0.39, 0.29) is 11.2 Å². The number of nitrogens with one attached hydrogen (secondary N) is 1. The number of nitrogens with zero attached hydrogens (tertiary/aromatic N) is 4. The van der Waals surface area contributed by atoms with Crippen LogP contribution in [-0.2, 0) is 15.8 Å². The zero-order valence-corrected chi connectivity index (χ0v) is 15.6. The Morgan fingerprint density at radius 2 is 2.00 bits per heavy atom. The van der Waals surface area contributed by atoms with E-state index in [0.717, 1.165) is 12.5 Å². The third-order valence-corrected chi connectivity index (χ3v) is 5.55.